The fourth-order valence-corrected chi connectivity index (χ4v) is 0.724. The van der Waals surface area contributed by atoms with E-state index in [9.17, 15) is 4.79 Å². The molecule has 0 spiro atoms. The van der Waals surface area contributed by atoms with Gasteiger partial charge in [-0.15, -0.1) is 0 Å². The van der Waals surface area contributed by atoms with E-state index in [0.717, 1.165) is 13.0 Å². The topological polar surface area (TPSA) is 58.6 Å². The van der Waals surface area contributed by atoms with Gasteiger partial charge in [-0.25, -0.2) is 4.79 Å². The second-order valence-corrected chi connectivity index (χ2v) is 1.90. The predicted molar refractivity (Wildman–Crippen MR) is 30.0 cm³/mol. The molecule has 52 valence electrons. The van der Waals surface area contributed by atoms with Crippen molar-refractivity contribution in [2.75, 3.05) is 13.2 Å². The second kappa shape index (κ2) is 2.80. The molecule has 1 aliphatic rings. The van der Waals surface area contributed by atoms with Crippen molar-refractivity contribution in [2.24, 2.45) is 0 Å². The zero-order chi connectivity index (χ0) is 6.69. The van der Waals surface area contributed by atoms with Crippen LogP contribution in [0.5, 0.6) is 0 Å². The summed E-state index contributed by atoms with van der Waals surface area (Å²) in [6.07, 6.45) is 0.114. The van der Waals surface area contributed by atoms with Crippen LogP contribution in [0.1, 0.15) is 6.42 Å². The SMILES string of the molecule is O=C(O)[C@H]1NCCCO1. The second-order valence-electron chi connectivity index (χ2n) is 1.90. The Hall–Kier alpha value is -0.610. The molecule has 1 rings (SSSR count). The van der Waals surface area contributed by atoms with Gasteiger partial charge in [0, 0.05) is 6.54 Å². The van der Waals surface area contributed by atoms with Crippen molar-refractivity contribution in [3.05, 3.63) is 0 Å². The summed E-state index contributed by atoms with van der Waals surface area (Å²) in [6.45, 7) is 1.28. The quantitative estimate of drug-likeness (QED) is 0.499. The zero-order valence-corrected chi connectivity index (χ0v) is 4.96. The van der Waals surface area contributed by atoms with Crippen molar-refractivity contribution in [2.45, 2.75) is 12.6 Å². The van der Waals surface area contributed by atoms with Gasteiger partial charge in [-0.2, -0.15) is 0 Å². The van der Waals surface area contributed by atoms with Crippen molar-refractivity contribution in [3.8, 4) is 0 Å². The largest absolute Gasteiger partial charge is 0.478 e. The Kier molecular flexibility index (Phi) is 2.02. The third kappa shape index (κ3) is 1.65. The highest BCUT2D eigenvalue weighted by Crippen LogP contribution is 1.95. The zero-order valence-electron chi connectivity index (χ0n) is 4.96. The highest BCUT2D eigenvalue weighted by Gasteiger charge is 2.19. The molecule has 0 radical (unpaired) electrons. The number of aliphatic carboxylic acids is 1. The molecule has 4 nitrogen and oxygen atoms in total. The van der Waals surface area contributed by atoms with Crippen LogP contribution in [0.25, 0.3) is 0 Å². The Morgan fingerprint density at radius 1 is 1.78 bits per heavy atom. The summed E-state index contributed by atoms with van der Waals surface area (Å²) in [5.41, 5.74) is 0. The first-order valence-electron chi connectivity index (χ1n) is 2.88. The van der Waals surface area contributed by atoms with Crippen LogP contribution in [0.2, 0.25) is 0 Å². The number of carboxylic acid groups (broad SMARTS) is 1. The molecule has 2 N–H and O–H groups in total. The van der Waals surface area contributed by atoms with Gasteiger partial charge in [0.1, 0.15) is 0 Å². The maximum absolute atomic E-state index is 10.2. The Labute approximate surface area is 52.8 Å². The molecule has 0 aliphatic carbocycles. The number of carbonyl (C=O) groups is 1. The number of nitrogens with one attached hydrogen (secondary N) is 1. The molecule has 1 saturated heterocycles. The first-order valence-corrected chi connectivity index (χ1v) is 2.88. The average Bonchev–Trinajstić information content (AvgIpc) is 1.90. The van der Waals surface area contributed by atoms with Crippen LogP contribution in [-0.2, 0) is 9.53 Å². The molecule has 1 heterocycles. The summed E-state index contributed by atoms with van der Waals surface area (Å²) in [5, 5.41) is 11.0. The van der Waals surface area contributed by atoms with Gasteiger partial charge in [-0.3, -0.25) is 5.32 Å². The van der Waals surface area contributed by atoms with E-state index in [0.29, 0.717) is 6.61 Å². The van der Waals surface area contributed by atoms with E-state index in [1.54, 1.807) is 0 Å². The Balaban J connectivity index is 2.31. The van der Waals surface area contributed by atoms with Crippen molar-refractivity contribution < 1.29 is 14.6 Å². The van der Waals surface area contributed by atoms with Crippen molar-refractivity contribution in [1.82, 2.24) is 5.32 Å². The van der Waals surface area contributed by atoms with Gasteiger partial charge < -0.3 is 9.84 Å². The average molecular weight is 131 g/mol. The van der Waals surface area contributed by atoms with Gasteiger partial charge in [0.15, 0.2) is 0 Å². The Morgan fingerprint density at radius 2 is 2.56 bits per heavy atom. The van der Waals surface area contributed by atoms with Gasteiger partial charge in [-0.05, 0) is 6.42 Å². The van der Waals surface area contributed by atoms with E-state index in [1.165, 1.54) is 0 Å². The lowest BCUT2D eigenvalue weighted by molar-refractivity contribution is -0.155. The van der Waals surface area contributed by atoms with Crippen LogP contribution < -0.4 is 5.32 Å². The number of hydrogen-bond donors (Lipinski definition) is 2. The monoisotopic (exact) mass is 131 g/mol. The van der Waals surface area contributed by atoms with Crippen LogP contribution in [-0.4, -0.2) is 30.5 Å². The molecule has 1 aliphatic heterocycles. The maximum atomic E-state index is 10.2. The summed E-state index contributed by atoms with van der Waals surface area (Å²) in [4.78, 5) is 10.2. The summed E-state index contributed by atoms with van der Waals surface area (Å²) in [6, 6.07) is 0. The fraction of sp³-hybridized carbons (Fsp3) is 0.800. The molecule has 1 atom stereocenters. The summed E-state index contributed by atoms with van der Waals surface area (Å²) in [5.74, 6) is -0.935. The number of rotatable bonds is 1. The van der Waals surface area contributed by atoms with Gasteiger partial charge in [0.05, 0.1) is 6.61 Å². The van der Waals surface area contributed by atoms with Crippen LogP contribution in [0, 0.1) is 0 Å². The molecular formula is C5H9NO3. The third-order valence-electron chi connectivity index (χ3n) is 1.16. The summed E-state index contributed by atoms with van der Waals surface area (Å²) in [7, 11) is 0. The number of carboxylic acids is 1. The molecule has 0 aromatic carbocycles. The van der Waals surface area contributed by atoms with Gasteiger partial charge >= 0.3 is 5.97 Å². The van der Waals surface area contributed by atoms with Crippen molar-refractivity contribution in [1.29, 1.82) is 0 Å². The lowest BCUT2D eigenvalue weighted by Crippen LogP contribution is -2.43. The normalized spacial score (nSPS) is 27.8. The molecule has 9 heavy (non-hydrogen) atoms. The third-order valence-corrected chi connectivity index (χ3v) is 1.16. The highest BCUT2D eigenvalue weighted by molar-refractivity contribution is 5.71. The van der Waals surface area contributed by atoms with Gasteiger partial charge in [0.25, 0.3) is 0 Å². The molecule has 4 heteroatoms. The first-order chi connectivity index (χ1) is 4.30. The minimum atomic E-state index is -0.935. The lowest BCUT2D eigenvalue weighted by atomic mass is 10.4. The van der Waals surface area contributed by atoms with Gasteiger partial charge in [-0.1, -0.05) is 0 Å². The standard InChI is InChI=1S/C5H9NO3/c7-5(8)4-6-2-1-3-9-4/h4,6H,1-3H2,(H,7,8)/t4-/m0/s1. The van der Waals surface area contributed by atoms with Crippen LogP contribution in [0.3, 0.4) is 0 Å². The smallest absolute Gasteiger partial charge is 0.348 e. The molecule has 0 aromatic rings. The highest BCUT2D eigenvalue weighted by atomic mass is 16.5. The summed E-state index contributed by atoms with van der Waals surface area (Å²) >= 11 is 0. The first kappa shape index (κ1) is 6.51. The van der Waals surface area contributed by atoms with E-state index >= 15 is 0 Å². The van der Waals surface area contributed by atoms with Crippen LogP contribution in [0.4, 0.5) is 0 Å². The minimum Gasteiger partial charge on any atom is -0.478 e. The molecule has 0 amide bonds. The van der Waals surface area contributed by atoms with E-state index in [-0.39, 0.29) is 0 Å². The fourth-order valence-electron chi connectivity index (χ4n) is 0.724. The van der Waals surface area contributed by atoms with Crippen LogP contribution >= 0.6 is 0 Å². The van der Waals surface area contributed by atoms with Crippen LogP contribution in [0.15, 0.2) is 0 Å². The Bertz CT molecular complexity index is 109. The molecular weight excluding hydrogens is 122 g/mol. The molecule has 0 aromatic heterocycles. The molecule has 1 fully saturated rings. The van der Waals surface area contributed by atoms with Crippen molar-refractivity contribution in [3.63, 3.8) is 0 Å². The molecule has 0 saturated carbocycles. The summed E-state index contributed by atoms with van der Waals surface area (Å²) < 4.78 is 4.83. The molecule has 0 bridgehead atoms. The number of hydrogen-bond acceptors (Lipinski definition) is 3. The van der Waals surface area contributed by atoms with E-state index in [2.05, 4.69) is 5.32 Å². The van der Waals surface area contributed by atoms with Crippen molar-refractivity contribution >= 4 is 5.97 Å². The maximum Gasteiger partial charge on any atom is 0.348 e. The van der Waals surface area contributed by atoms with E-state index in [4.69, 9.17) is 9.84 Å². The number of ether oxygens (including phenoxy) is 1. The van der Waals surface area contributed by atoms with E-state index in [1.807, 2.05) is 0 Å². The van der Waals surface area contributed by atoms with Gasteiger partial charge in [0.2, 0.25) is 6.23 Å². The predicted octanol–water partition coefficient (Wildman–Crippen LogP) is -0.593. The van der Waals surface area contributed by atoms with E-state index < -0.39 is 12.2 Å². The molecule has 0 unspecified atom stereocenters. The Morgan fingerprint density at radius 3 is 2.89 bits per heavy atom. The minimum absolute atomic E-state index is 0.546. The lowest BCUT2D eigenvalue weighted by Gasteiger charge is -2.19.